The smallest absolute Gasteiger partial charge is 0.0589 e. The first-order valence-corrected chi connectivity index (χ1v) is 7.69. The summed E-state index contributed by atoms with van der Waals surface area (Å²) in [7, 11) is 1.81. The van der Waals surface area contributed by atoms with Gasteiger partial charge in [0.25, 0.3) is 0 Å². The molecule has 0 aromatic carbocycles. The lowest BCUT2D eigenvalue weighted by atomic mass is 9.86. The summed E-state index contributed by atoms with van der Waals surface area (Å²) >= 11 is 0. The van der Waals surface area contributed by atoms with E-state index in [9.17, 15) is 0 Å². The zero-order valence-corrected chi connectivity index (χ0v) is 12.1. The van der Waals surface area contributed by atoms with Crippen LogP contribution in [0.5, 0.6) is 0 Å². The van der Waals surface area contributed by atoms with Crippen molar-refractivity contribution in [1.29, 1.82) is 0 Å². The SMILES string of the molecule is COCCN(CC1CCC(N)CC1)C(C)C1CC1. The van der Waals surface area contributed by atoms with Gasteiger partial charge in [0.15, 0.2) is 0 Å². The summed E-state index contributed by atoms with van der Waals surface area (Å²) < 4.78 is 5.27. The minimum Gasteiger partial charge on any atom is -0.383 e. The van der Waals surface area contributed by atoms with Crippen molar-refractivity contribution < 1.29 is 4.74 Å². The number of rotatable bonds is 7. The maximum Gasteiger partial charge on any atom is 0.0589 e. The fourth-order valence-electron chi connectivity index (χ4n) is 3.25. The number of hydrogen-bond acceptors (Lipinski definition) is 3. The normalized spacial score (nSPS) is 30.7. The van der Waals surface area contributed by atoms with Crippen LogP contribution < -0.4 is 5.73 Å². The van der Waals surface area contributed by atoms with Crippen molar-refractivity contribution in [1.82, 2.24) is 4.90 Å². The van der Waals surface area contributed by atoms with Crippen molar-refractivity contribution in [2.24, 2.45) is 17.6 Å². The Morgan fingerprint density at radius 2 is 1.83 bits per heavy atom. The average Bonchev–Trinajstić information content (AvgIpc) is 3.20. The van der Waals surface area contributed by atoms with Gasteiger partial charge in [-0.05, 0) is 57.3 Å². The first-order chi connectivity index (χ1) is 8.70. The van der Waals surface area contributed by atoms with Crippen molar-refractivity contribution in [3.8, 4) is 0 Å². The molecule has 0 heterocycles. The summed E-state index contributed by atoms with van der Waals surface area (Å²) in [5.41, 5.74) is 5.99. The van der Waals surface area contributed by atoms with Gasteiger partial charge in [-0.2, -0.15) is 0 Å². The number of nitrogens with two attached hydrogens (primary N) is 1. The molecule has 3 nitrogen and oxygen atoms in total. The molecule has 2 N–H and O–H groups in total. The van der Waals surface area contributed by atoms with Crippen molar-refractivity contribution in [2.75, 3.05) is 26.8 Å². The summed E-state index contributed by atoms with van der Waals surface area (Å²) in [5.74, 6) is 1.82. The second-order valence-electron chi connectivity index (χ2n) is 6.35. The molecular weight excluding hydrogens is 224 g/mol. The second kappa shape index (κ2) is 6.88. The molecule has 1 atom stereocenters. The maximum atomic E-state index is 5.99. The molecule has 0 aromatic heterocycles. The Hall–Kier alpha value is -0.120. The van der Waals surface area contributed by atoms with Gasteiger partial charge in [-0.3, -0.25) is 4.90 Å². The predicted molar refractivity (Wildman–Crippen MR) is 75.6 cm³/mol. The molecule has 18 heavy (non-hydrogen) atoms. The van der Waals surface area contributed by atoms with Gasteiger partial charge in [0.2, 0.25) is 0 Å². The summed E-state index contributed by atoms with van der Waals surface area (Å²) in [6.07, 6.45) is 7.95. The molecule has 0 saturated heterocycles. The van der Waals surface area contributed by atoms with Gasteiger partial charge < -0.3 is 10.5 Å². The zero-order valence-electron chi connectivity index (χ0n) is 12.1. The third-order valence-corrected chi connectivity index (χ3v) is 4.85. The minimum atomic E-state index is 0.467. The fraction of sp³-hybridized carbons (Fsp3) is 1.00. The van der Waals surface area contributed by atoms with Crippen molar-refractivity contribution in [3.63, 3.8) is 0 Å². The molecule has 0 spiro atoms. The Morgan fingerprint density at radius 3 is 2.39 bits per heavy atom. The van der Waals surface area contributed by atoms with Gasteiger partial charge >= 0.3 is 0 Å². The van der Waals surface area contributed by atoms with Gasteiger partial charge in [-0.15, -0.1) is 0 Å². The summed E-state index contributed by atoms with van der Waals surface area (Å²) in [6.45, 7) is 5.62. The number of nitrogens with zero attached hydrogens (tertiary/aromatic N) is 1. The quantitative estimate of drug-likeness (QED) is 0.757. The van der Waals surface area contributed by atoms with Crippen molar-refractivity contribution in [2.45, 2.75) is 57.5 Å². The van der Waals surface area contributed by atoms with Gasteiger partial charge in [0, 0.05) is 32.3 Å². The second-order valence-corrected chi connectivity index (χ2v) is 6.35. The van der Waals surface area contributed by atoms with E-state index in [0.29, 0.717) is 6.04 Å². The highest BCUT2D eigenvalue weighted by atomic mass is 16.5. The van der Waals surface area contributed by atoms with Crippen molar-refractivity contribution >= 4 is 0 Å². The van der Waals surface area contributed by atoms with E-state index in [-0.39, 0.29) is 0 Å². The van der Waals surface area contributed by atoms with E-state index < -0.39 is 0 Å². The summed E-state index contributed by atoms with van der Waals surface area (Å²) in [4.78, 5) is 2.67. The molecular formula is C15H30N2O. The van der Waals surface area contributed by atoms with Crippen LogP contribution >= 0.6 is 0 Å². The molecule has 1 unspecified atom stereocenters. The van der Waals surface area contributed by atoms with Gasteiger partial charge in [0.1, 0.15) is 0 Å². The van der Waals surface area contributed by atoms with Crippen LogP contribution in [-0.2, 0) is 4.74 Å². The van der Waals surface area contributed by atoms with Crippen LogP contribution in [0.3, 0.4) is 0 Å². The van der Waals surface area contributed by atoms with Crippen LogP contribution in [0, 0.1) is 11.8 Å². The molecule has 0 aliphatic heterocycles. The number of ether oxygens (including phenoxy) is 1. The minimum absolute atomic E-state index is 0.467. The van der Waals surface area contributed by atoms with Crippen molar-refractivity contribution in [3.05, 3.63) is 0 Å². The third kappa shape index (κ3) is 4.22. The molecule has 0 bridgehead atoms. The standard InChI is InChI=1S/C15H30N2O/c1-12(14-5-6-14)17(9-10-18-2)11-13-3-7-15(16)8-4-13/h12-15H,3-11,16H2,1-2H3. The molecule has 0 aromatic rings. The lowest BCUT2D eigenvalue weighted by molar-refractivity contribution is 0.0944. The molecule has 2 fully saturated rings. The Bertz CT molecular complexity index is 235. The largest absolute Gasteiger partial charge is 0.383 e. The summed E-state index contributed by atoms with van der Waals surface area (Å²) in [6, 6.07) is 1.21. The van der Waals surface area contributed by atoms with Crippen LogP contribution in [0.15, 0.2) is 0 Å². The highest BCUT2D eigenvalue weighted by molar-refractivity contribution is 4.87. The Labute approximate surface area is 112 Å². The van der Waals surface area contributed by atoms with Gasteiger partial charge in [0.05, 0.1) is 6.61 Å². The van der Waals surface area contributed by atoms with Gasteiger partial charge in [-0.1, -0.05) is 0 Å². The van der Waals surface area contributed by atoms with Gasteiger partial charge in [-0.25, -0.2) is 0 Å². The molecule has 3 heteroatoms. The monoisotopic (exact) mass is 254 g/mol. The van der Waals surface area contributed by atoms with E-state index in [0.717, 1.165) is 31.0 Å². The van der Waals surface area contributed by atoms with Crippen LogP contribution in [0.4, 0.5) is 0 Å². The lowest BCUT2D eigenvalue weighted by Gasteiger charge is -2.35. The van der Waals surface area contributed by atoms with Crippen LogP contribution in [0.25, 0.3) is 0 Å². The van der Waals surface area contributed by atoms with Crippen LogP contribution in [-0.4, -0.2) is 43.8 Å². The molecule has 0 radical (unpaired) electrons. The van der Waals surface area contributed by atoms with E-state index >= 15 is 0 Å². The van der Waals surface area contributed by atoms with E-state index in [1.807, 2.05) is 0 Å². The molecule has 2 rings (SSSR count). The highest BCUT2D eigenvalue weighted by Gasteiger charge is 2.33. The highest BCUT2D eigenvalue weighted by Crippen LogP contribution is 2.36. The molecule has 2 aliphatic rings. The zero-order chi connectivity index (χ0) is 13.0. The maximum absolute atomic E-state index is 5.99. The Kier molecular flexibility index (Phi) is 5.46. The van der Waals surface area contributed by atoms with Crippen LogP contribution in [0.2, 0.25) is 0 Å². The summed E-state index contributed by atoms with van der Waals surface area (Å²) in [5, 5.41) is 0. The first-order valence-electron chi connectivity index (χ1n) is 7.69. The third-order valence-electron chi connectivity index (χ3n) is 4.85. The Morgan fingerprint density at radius 1 is 1.17 bits per heavy atom. The van der Waals surface area contributed by atoms with E-state index in [2.05, 4.69) is 11.8 Å². The van der Waals surface area contributed by atoms with E-state index in [4.69, 9.17) is 10.5 Å². The topological polar surface area (TPSA) is 38.5 Å². The Balaban J connectivity index is 1.79. The molecule has 0 amide bonds. The number of methoxy groups -OCH3 is 1. The first kappa shape index (κ1) is 14.3. The predicted octanol–water partition coefficient (Wildman–Crippen LogP) is 2.25. The number of hydrogen-bond donors (Lipinski definition) is 1. The molecule has 2 aliphatic carbocycles. The average molecular weight is 254 g/mol. The molecule has 2 saturated carbocycles. The molecule has 106 valence electrons. The lowest BCUT2D eigenvalue weighted by Crippen LogP contribution is -2.42. The van der Waals surface area contributed by atoms with E-state index in [1.165, 1.54) is 45.1 Å². The van der Waals surface area contributed by atoms with Crippen LogP contribution in [0.1, 0.15) is 45.4 Å². The van der Waals surface area contributed by atoms with E-state index in [1.54, 1.807) is 7.11 Å². The fourth-order valence-corrected chi connectivity index (χ4v) is 3.25.